The fourth-order valence-corrected chi connectivity index (χ4v) is 8.17. The first-order valence-corrected chi connectivity index (χ1v) is 20.2. The number of nitrogens with zero attached hydrogens (tertiary/aromatic N) is 4. The van der Waals surface area contributed by atoms with Crippen LogP contribution in [-0.2, 0) is 19.1 Å². The Balaban J connectivity index is 0.944. The molecule has 2 fully saturated rings. The molecule has 16 heteroatoms. The van der Waals surface area contributed by atoms with Crippen molar-refractivity contribution in [2.45, 2.75) is 49.2 Å². The lowest BCUT2D eigenvalue weighted by atomic mass is 10.0. The summed E-state index contributed by atoms with van der Waals surface area (Å²) in [5.41, 5.74) is 6.36. The summed E-state index contributed by atoms with van der Waals surface area (Å²) >= 11 is 0. The molecule has 0 radical (unpaired) electrons. The molecule has 2 saturated heterocycles. The normalized spacial score (nSPS) is 19.4. The van der Waals surface area contributed by atoms with Gasteiger partial charge in [-0.1, -0.05) is 109 Å². The summed E-state index contributed by atoms with van der Waals surface area (Å²) in [4.78, 5) is 71.4. The van der Waals surface area contributed by atoms with E-state index < -0.39 is 48.6 Å². The van der Waals surface area contributed by atoms with Crippen molar-refractivity contribution in [3.05, 3.63) is 144 Å². The first kappa shape index (κ1) is 41.4. The van der Waals surface area contributed by atoms with Crippen molar-refractivity contribution in [1.29, 1.82) is 0 Å². The SMILES string of the molecule is COC(=O)N[C@@H](C(=O)N1C[C@H](O)C[C@H]1c1ncc(-c2ccc(-c3ccc(-c4cnc([C@@H]5C[C@H](O)CN5C(=O)[C@H](NC(=O)OC)c5ccccc5)[nH]4)cc3)cc2)[nH]1)c1ccccc1. The zero-order chi connectivity index (χ0) is 43.3. The van der Waals surface area contributed by atoms with E-state index in [1.807, 2.05) is 60.7 Å². The molecule has 4 aromatic carbocycles. The standard InChI is InChI=1S/C46H46N8O8/c1-61-45(59)51-39(31-9-5-3-6-10-31)43(57)53-25-33(55)21-37(53)41-47-23-35(49-41)29-17-13-27(14-18-29)28-15-19-30(20-16-28)36-24-48-42(50-36)38-22-34(56)26-54(38)44(58)40(52-46(60)62-2)32-11-7-4-8-12-32/h3-20,23-24,33-34,37-40,55-56H,21-22,25-26H2,1-2H3,(H,47,49)(H,48,50)(H,51,59)(H,52,60)/t33-,34+,37-,38-,39+,40+/m0/s1. The number of aliphatic hydroxyl groups excluding tert-OH is 2. The number of hydrogen-bond donors (Lipinski definition) is 6. The van der Waals surface area contributed by atoms with Gasteiger partial charge in [-0.2, -0.15) is 0 Å². The molecule has 6 aromatic rings. The molecule has 8 rings (SSSR count). The third-order valence-corrected chi connectivity index (χ3v) is 11.3. The Morgan fingerprint density at radius 1 is 0.581 bits per heavy atom. The van der Waals surface area contributed by atoms with Gasteiger partial charge in [0.1, 0.15) is 23.7 Å². The first-order chi connectivity index (χ1) is 30.1. The van der Waals surface area contributed by atoms with Crippen molar-refractivity contribution < 1.29 is 38.9 Å². The minimum absolute atomic E-state index is 0.0816. The number of rotatable bonds is 11. The van der Waals surface area contributed by atoms with Crippen LogP contribution < -0.4 is 10.6 Å². The number of nitrogens with one attached hydrogen (secondary N) is 4. The number of aromatic nitrogens is 4. The molecule has 6 N–H and O–H groups in total. The van der Waals surface area contributed by atoms with Crippen LogP contribution in [0.25, 0.3) is 33.6 Å². The molecule has 62 heavy (non-hydrogen) atoms. The Morgan fingerprint density at radius 3 is 1.29 bits per heavy atom. The molecule has 4 heterocycles. The molecular formula is C46H46N8O8. The van der Waals surface area contributed by atoms with E-state index in [0.29, 0.717) is 22.8 Å². The van der Waals surface area contributed by atoms with E-state index in [9.17, 15) is 29.4 Å². The number of imidazole rings is 2. The van der Waals surface area contributed by atoms with Crippen molar-refractivity contribution >= 4 is 24.0 Å². The first-order valence-electron chi connectivity index (χ1n) is 20.2. The van der Waals surface area contributed by atoms with Crippen LogP contribution in [-0.4, -0.2) is 103 Å². The quantitative estimate of drug-likeness (QED) is 0.0951. The van der Waals surface area contributed by atoms with Gasteiger partial charge >= 0.3 is 12.2 Å². The van der Waals surface area contributed by atoms with E-state index in [-0.39, 0.29) is 37.7 Å². The summed E-state index contributed by atoms with van der Waals surface area (Å²) in [7, 11) is 2.47. The highest BCUT2D eigenvalue weighted by atomic mass is 16.5. The highest BCUT2D eigenvalue weighted by Crippen LogP contribution is 2.37. The molecule has 6 atom stereocenters. The molecule has 16 nitrogen and oxygen atoms in total. The average molecular weight is 839 g/mol. The number of benzene rings is 4. The summed E-state index contributed by atoms with van der Waals surface area (Å²) in [5, 5.41) is 26.6. The molecule has 318 valence electrons. The zero-order valence-corrected chi connectivity index (χ0v) is 34.0. The predicted octanol–water partition coefficient (Wildman–Crippen LogP) is 5.60. The lowest BCUT2D eigenvalue weighted by Crippen LogP contribution is -2.43. The number of alkyl carbamates (subject to hydrolysis) is 2. The summed E-state index contributed by atoms with van der Waals surface area (Å²) in [6.45, 7) is 0.163. The summed E-state index contributed by atoms with van der Waals surface area (Å²) < 4.78 is 9.59. The fourth-order valence-electron chi connectivity index (χ4n) is 8.17. The topological polar surface area (TPSA) is 215 Å². The van der Waals surface area contributed by atoms with Gasteiger partial charge in [-0.15, -0.1) is 0 Å². The highest BCUT2D eigenvalue weighted by Gasteiger charge is 2.42. The maximum absolute atomic E-state index is 13.9. The molecular weight excluding hydrogens is 793 g/mol. The lowest BCUT2D eigenvalue weighted by Gasteiger charge is -2.28. The lowest BCUT2D eigenvalue weighted by molar-refractivity contribution is -0.135. The number of amides is 4. The Labute approximate surface area is 356 Å². The maximum Gasteiger partial charge on any atom is 0.407 e. The number of ether oxygens (including phenoxy) is 2. The van der Waals surface area contributed by atoms with Crippen LogP contribution in [0.15, 0.2) is 122 Å². The second kappa shape index (κ2) is 18.1. The number of aromatic amines is 2. The van der Waals surface area contributed by atoms with E-state index >= 15 is 0 Å². The van der Waals surface area contributed by atoms with E-state index in [1.165, 1.54) is 14.2 Å². The smallest absolute Gasteiger partial charge is 0.407 e. The summed E-state index contributed by atoms with van der Waals surface area (Å²) in [6.07, 6.45) is 0.931. The van der Waals surface area contributed by atoms with Crippen molar-refractivity contribution in [2.75, 3.05) is 27.3 Å². The Kier molecular flexibility index (Phi) is 12.1. The largest absolute Gasteiger partial charge is 0.453 e. The van der Waals surface area contributed by atoms with Crippen LogP contribution in [0.4, 0.5) is 9.59 Å². The van der Waals surface area contributed by atoms with Crippen molar-refractivity contribution in [2.24, 2.45) is 0 Å². The van der Waals surface area contributed by atoms with Gasteiger partial charge in [0.15, 0.2) is 0 Å². The molecule has 0 spiro atoms. The van der Waals surface area contributed by atoms with E-state index in [0.717, 1.165) is 33.6 Å². The van der Waals surface area contributed by atoms with Gasteiger partial charge in [-0.3, -0.25) is 9.59 Å². The molecule has 2 aliphatic heterocycles. The third-order valence-electron chi connectivity index (χ3n) is 11.3. The molecule has 0 unspecified atom stereocenters. The monoisotopic (exact) mass is 838 g/mol. The van der Waals surface area contributed by atoms with Crippen LogP contribution in [0.2, 0.25) is 0 Å². The van der Waals surface area contributed by atoms with Crippen LogP contribution in [0.3, 0.4) is 0 Å². The van der Waals surface area contributed by atoms with Crippen LogP contribution in [0.5, 0.6) is 0 Å². The van der Waals surface area contributed by atoms with Gasteiger partial charge in [0.25, 0.3) is 11.8 Å². The van der Waals surface area contributed by atoms with Gasteiger partial charge in [0, 0.05) is 25.9 Å². The van der Waals surface area contributed by atoms with Gasteiger partial charge in [-0.05, 0) is 33.4 Å². The van der Waals surface area contributed by atoms with Gasteiger partial charge in [-0.25, -0.2) is 19.6 Å². The predicted molar refractivity (Wildman–Crippen MR) is 227 cm³/mol. The molecule has 0 aliphatic carbocycles. The molecule has 4 amide bonds. The van der Waals surface area contributed by atoms with Crippen LogP contribution in [0, 0.1) is 0 Å². The number of β-amino-alcohol motifs (C(OH)–C–C–N with tert-alkyl or cyclic N) is 2. The number of H-pyrrole nitrogens is 2. The zero-order valence-electron chi connectivity index (χ0n) is 34.0. The highest BCUT2D eigenvalue weighted by molar-refractivity contribution is 5.88. The number of carbonyl (C=O) groups is 4. The maximum atomic E-state index is 13.9. The molecule has 0 saturated carbocycles. The molecule has 0 bridgehead atoms. The van der Waals surface area contributed by atoms with Crippen LogP contribution >= 0.6 is 0 Å². The summed E-state index contributed by atoms with van der Waals surface area (Å²) in [6, 6.07) is 30.6. The Hall–Kier alpha value is -7.30. The average Bonchev–Trinajstić information content (AvgIpc) is 4.14. The van der Waals surface area contributed by atoms with E-state index in [1.54, 1.807) is 70.7 Å². The minimum atomic E-state index is -1.02. The molecule has 2 aliphatic rings. The van der Waals surface area contributed by atoms with E-state index in [4.69, 9.17) is 9.47 Å². The van der Waals surface area contributed by atoms with Crippen molar-refractivity contribution in [3.63, 3.8) is 0 Å². The Bertz CT molecular complexity index is 2340. The fraction of sp³-hybridized carbons (Fsp3) is 0.261. The number of hydrogen-bond acceptors (Lipinski definition) is 10. The second-order valence-corrected chi connectivity index (χ2v) is 15.3. The minimum Gasteiger partial charge on any atom is -0.453 e. The van der Waals surface area contributed by atoms with Crippen molar-refractivity contribution in [1.82, 2.24) is 40.4 Å². The summed E-state index contributed by atoms with van der Waals surface area (Å²) in [5.74, 6) is 0.263. The van der Waals surface area contributed by atoms with E-state index in [2.05, 4.69) is 30.6 Å². The van der Waals surface area contributed by atoms with Gasteiger partial charge in [0.05, 0.1) is 62.3 Å². The Morgan fingerprint density at radius 2 is 0.935 bits per heavy atom. The number of likely N-dealkylation sites (tertiary alicyclic amines) is 2. The number of methoxy groups -OCH3 is 2. The van der Waals surface area contributed by atoms with Crippen molar-refractivity contribution in [3.8, 4) is 33.6 Å². The number of aliphatic hydroxyl groups is 2. The second-order valence-electron chi connectivity index (χ2n) is 15.3. The third kappa shape index (κ3) is 8.77. The van der Waals surface area contributed by atoms with Gasteiger partial charge in [0.2, 0.25) is 0 Å². The number of carbonyl (C=O) groups excluding carboxylic acids is 4. The molecule has 2 aromatic heterocycles. The van der Waals surface area contributed by atoms with Gasteiger partial charge < -0.3 is 50.1 Å². The van der Waals surface area contributed by atoms with Crippen LogP contribution in [0.1, 0.15) is 59.8 Å².